The van der Waals surface area contributed by atoms with E-state index in [0.717, 1.165) is 19.4 Å². The lowest BCUT2D eigenvalue weighted by Crippen LogP contribution is -2.30. The van der Waals surface area contributed by atoms with Crippen molar-refractivity contribution in [2.24, 2.45) is 0 Å². The molecule has 1 aromatic rings. The highest BCUT2D eigenvalue weighted by Gasteiger charge is 2.18. The maximum absolute atomic E-state index is 14.1. The molecule has 0 saturated carbocycles. The van der Waals surface area contributed by atoms with Gasteiger partial charge in [-0.3, -0.25) is 0 Å². The molecule has 0 aliphatic carbocycles. The van der Waals surface area contributed by atoms with Crippen molar-refractivity contribution in [3.8, 4) is 0 Å². The fraction of sp³-hybridized carbons (Fsp3) is 0.600. The maximum atomic E-state index is 14.1. The van der Waals surface area contributed by atoms with Crippen LogP contribution in [0.5, 0.6) is 0 Å². The summed E-state index contributed by atoms with van der Waals surface area (Å²) in [6.07, 6.45) is 1.90. The smallest absolute Gasteiger partial charge is 0.149 e. The second-order valence-electron chi connectivity index (χ2n) is 4.94. The molecule has 19 heavy (non-hydrogen) atoms. The van der Waals surface area contributed by atoms with Gasteiger partial charge in [-0.05, 0) is 37.6 Å². The van der Waals surface area contributed by atoms with Crippen molar-refractivity contribution >= 4 is 5.69 Å². The SMILES string of the molecule is CCCC(C)N(C)c1c(F)cc(CNCC)cc1F. The minimum atomic E-state index is -0.488. The molecule has 0 amide bonds. The minimum Gasteiger partial charge on any atom is -0.367 e. The number of benzene rings is 1. The van der Waals surface area contributed by atoms with E-state index < -0.39 is 11.6 Å². The van der Waals surface area contributed by atoms with E-state index in [1.54, 1.807) is 11.9 Å². The Bertz CT molecular complexity index is 384. The van der Waals surface area contributed by atoms with Gasteiger partial charge in [0.25, 0.3) is 0 Å². The van der Waals surface area contributed by atoms with E-state index >= 15 is 0 Å². The van der Waals surface area contributed by atoms with Crippen LogP contribution in [0.1, 0.15) is 39.2 Å². The van der Waals surface area contributed by atoms with E-state index in [9.17, 15) is 8.78 Å². The van der Waals surface area contributed by atoms with Crippen LogP contribution in [-0.4, -0.2) is 19.6 Å². The summed E-state index contributed by atoms with van der Waals surface area (Å²) in [5.74, 6) is -0.975. The lowest BCUT2D eigenvalue weighted by Gasteiger charge is -2.27. The molecule has 4 heteroatoms. The Hall–Kier alpha value is -1.16. The second-order valence-corrected chi connectivity index (χ2v) is 4.94. The highest BCUT2D eigenvalue weighted by atomic mass is 19.1. The van der Waals surface area contributed by atoms with Crippen LogP contribution in [-0.2, 0) is 6.54 Å². The molecule has 0 saturated heterocycles. The van der Waals surface area contributed by atoms with Crippen LogP contribution in [0.4, 0.5) is 14.5 Å². The van der Waals surface area contributed by atoms with Crippen molar-refractivity contribution in [1.82, 2.24) is 5.32 Å². The fourth-order valence-electron chi connectivity index (χ4n) is 2.16. The van der Waals surface area contributed by atoms with Gasteiger partial charge in [-0.1, -0.05) is 20.3 Å². The number of halogens is 2. The Morgan fingerprint density at radius 3 is 2.26 bits per heavy atom. The van der Waals surface area contributed by atoms with Crippen molar-refractivity contribution in [2.75, 3.05) is 18.5 Å². The molecule has 0 heterocycles. The molecule has 0 aliphatic rings. The summed E-state index contributed by atoms with van der Waals surface area (Å²) in [6, 6.07) is 2.94. The average Bonchev–Trinajstić information content (AvgIpc) is 2.35. The Labute approximate surface area is 114 Å². The predicted molar refractivity (Wildman–Crippen MR) is 76.5 cm³/mol. The summed E-state index contributed by atoms with van der Waals surface area (Å²) in [5, 5.41) is 3.06. The number of anilines is 1. The Kier molecular flexibility index (Phi) is 6.22. The maximum Gasteiger partial charge on any atom is 0.149 e. The second kappa shape index (κ2) is 7.43. The monoisotopic (exact) mass is 270 g/mol. The third kappa shape index (κ3) is 4.16. The van der Waals surface area contributed by atoms with Gasteiger partial charge in [0.05, 0.1) is 0 Å². The molecule has 2 nitrogen and oxygen atoms in total. The zero-order chi connectivity index (χ0) is 14.4. The lowest BCUT2D eigenvalue weighted by molar-refractivity contribution is 0.543. The van der Waals surface area contributed by atoms with Gasteiger partial charge in [0.15, 0.2) is 0 Å². The third-order valence-electron chi connectivity index (χ3n) is 3.38. The topological polar surface area (TPSA) is 15.3 Å². The van der Waals surface area contributed by atoms with Crippen LogP contribution in [0.25, 0.3) is 0 Å². The molecule has 1 aromatic carbocycles. The molecule has 1 unspecified atom stereocenters. The number of nitrogens with zero attached hydrogens (tertiary/aromatic N) is 1. The van der Waals surface area contributed by atoms with Crippen LogP contribution in [0.15, 0.2) is 12.1 Å². The Balaban J connectivity index is 2.95. The Morgan fingerprint density at radius 1 is 1.21 bits per heavy atom. The summed E-state index contributed by atoms with van der Waals surface area (Å²) in [6.45, 7) is 7.27. The molecule has 1 N–H and O–H groups in total. The standard InChI is InChI=1S/C15H24F2N2/c1-5-7-11(3)19(4)15-13(16)8-12(9-14(15)17)10-18-6-2/h8-9,11,18H,5-7,10H2,1-4H3. The van der Waals surface area contributed by atoms with E-state index in [1.165, 1.54) is 12.1 Å². The number of rotatable bonds is 7. The zero-order valence-corrected chi connectivity index (χ0v) is 12.3. The van der Waals surface area contributed by atoms with Crippen molar-refractivity contribution in [3.63, 3.8) is 0 Å². The van der Waals surface area contributed by atoms with Gasteiger partial charge in [0.1, 0.15) is 17.3 Å². The Morgan fingerprint density at radius 2 is 1.79 bits per heavy atom. The van der Waals surface area contributed by atoms with Crippen molar-refractivity contribution in [2.45, 2.75) is 46.2 Å². The summed E-state index contributed by atoms with van der Waals surface area (Å²) in [4.78, 5) is 1.69. The predicted octanol–water partition coefficient (Wildman–Crippen LogP) is 3.70. The van der Waals surface area contributed by atoms with Crippen LogP contribution < -0.4 is 10.2 Å². The first-order valence-electron chi connectivity index (χ1n) is 6.92. The molecule has 0 aliphatic heterocycles. The molecular weight excluding hydrogens is 246 g/mol. The minimum absolute atomic E-state index is 0.0706. The van der Waals surface area contributed by atoms with Crippen LogP contribution in [0.3, 0.4) is 0 Å². The molecule has 0 spiro atoms. The van der Waals surface area contributed by atoms with Gasteiger partial charge >= 0.3 is 0 Å². The van der Waals surface area contributed by atoms with Crippen molar-refractivity contribution in [3.05, 3.63) is 29.3 Å². The number of hydrogen-bond donors (Lipinski definition) is 1. The van der Waals surface area contributed by atoms with Crippen LogP contribution >= 0.6 is 0 Å². The van der Waals surface area contributed by atoms with Gasteiger partial charge in [-0.2, -0.15) is 0 Å². The quantitative estimate of drug-likeness (QED) is 0.812. The van der Waals surface area contributed by atoms with E-state index in [1.807, 2.05) is 13.8 Å². The molecule has 0 bridgehead atoms. The van der Waals surface area contributed by atoms with Crippen LogP contribution in [0.2, 0.25) is 0 Å². The number of nitrogens with one attached hydrogen (secondary N) is 1. The third-order valence-corrected chi connectivity index (χ3v) is 3.38. The van der Waals surface area contributed by atoms with Crippen LogP contribution in [0, 0.1) is 11.6 Å². The molecule has 108 valence electrons. The van der Waals surface area contributed by atoms with E-state index in [-0.39, 0.29) is 11.7 Å². The molecule has 0 aromatic heterocycles. The highest BCUT2D eigenvalue weighted by molar-refractivity contribution is 5.50. The van der Waals surface area contributed by atoms with Crippen molar-refractivity contribution < 1.29 is 8.78 Å². The fourth-order valence-corrected chi connectivity index (χ4v) is 2.16. The van der Waals surface area contributed by atoms with E-state index in [4.69, 9.17) is 0 Å². The summed E-state index contributed by atoms with van der Waals surface area (Å²) in [5.41, 5.74) is 0.707. The van der Waals surface area contributed by atoms with Gasteiger partial charge in [0.2, 0.25) is 0 Å². The average molecular weight is 270 g/mol. The molecule has 0 fully saturated rings. The summed E-state index contributed by atoms with van der Waals surface area (Å²) >= 11 is 0. The van der Waals surface area contributed by atoms with Gasteiger partial charge in [-0.25, -0.2) is 8.78 Å². The highest BCUT2D eigenvalue weighted by Crippen LogP contribution is 2.26. The largest absolute Gasteiger partial charge is 0.367 e. The first-order chi connectivity index (χ1) is 9.01. The van der Waals surface area contributed by atoms with Gasteiger partial charge in [-0.15, -0.1) is 0 Å². The molecule has 1 rings (SSSR count). The first-order valence-corrected chi connectivity index (χ1v) is 6.92. The summed E-state index contributed by atoms with van der Waals surface area (Å²) in [7, 11) is 1.74. The zero-order valence-electron chi connectivity index (χ0n) is 12.3. The van der Waals surface area contributed by atoms with Gasteiger partial charge in [0, 0.05) is 19.6 Å². The molecule has 0 radical (unpaired) electrons. The van der Waals surface area contributed by atoms with Gasteiger partial charge < -0.3 is 10.2 Å². The first kappa shape index (κ1) is 15.9. The van der Waals surface area contributed by atoms with E-state index in [2.05, 4.69) is 12.2 Å². The summed E-state index contributed by atoms with van der Waals surface area (Å²) < 4.78 is 28.2. The normalized spacial score (nSPS) is 12.5. The van der Waals surface area contributed by atoms with Crippen molar-refractivity contribution in [1.29, 1.82) is 0 Å². The molecular formula is C15H24F2N2. The van der Waals surface area contributed by atoms with E-state index in [0.29, 0.717) is 12.1 Å². The number of hydrogen-bond acceptors (Lipinski definition) is 2. The lowest BCUT2D eigenvalue weighted by atomic mass is 10.1. The molecule has 1 atom stereocenters.